The van der Waals surface area contributed by atoms with Gasteiger partial charge in [0.25, 0.3) is 0 Å². The molecule has 3 heteroatoms. The SMILES string of the molecule is CCCCCCCCCCCCCCSc1ccc(C(=O)O)cc1. The average molecular weight is 351 g/mol. The second-order valence-electron chi connectivity index (χ2n) is 6.57. The summed E-state index contributed by atoms with van der Waals surface area (Å²) in [6.07, 6.45) is 16.6. The molecule has 0 aromatic heterocycles. The molecule has 0 unspecified atom stereocenters. The van der Waals surface area contributed by atoms with Gasteiger partial charge in [-0.2, -0.15) is 0 Å². The summed E-state index contributed by atoms with van der Waals surface area (Å²) < 4.78 is 0. The van der Waals surface area contributed by atoms with Gasteiger partial charge in [0.2, 0.25) is 0 Å². The highest BCUT2D eigenvalue weighted by atomic mass is 32.2. The number of benzene rings is 1. The van der Waals surface area contributed by atoms with E-state index in [0.717, 1.165) is 5.75 Å². The van der Waals surface area contributed by atoms with Crippen LogP contribution in [0.5, 0.6) is 0 Å². The first-order valence-electron chi connectivity index (χ1n) is 9.70. The van der Waals surface area contributed by atoms with Crippen LogP contribution in [-0.2, 0) is 0 Å². The normalized spacial score (nSPS) is 10.9. The van der Waals surface area contributed by atoms with Crippen molar-refractivity contribution >= 4 is 17.7 Å². The van der Waals surface area contributed by atoms with Crippen molar-refractivity contribution in [2.45, 2.75) is 88.9 Å². The molecular formula is C21H34O2S. The molecule has 0 atom stereocenters. The second kappa shape index (κ2) is 14.4. The number of carboxylic acids is 1. The van der Waals surface area contributed by atoms with Crippen molar-refractivity contribution in [3.8, 4) is 0 Å². The number of hydrogen-bond donors (Lipinski definition) is 1. The molecule has 1 aromatic rings. The van der Waals surface area contributed by atoms with Crippen LogP contribution in [0.2, 0.25) is 0 Å². The number of aromatic carboxylic acids is 1. The Bertz CT molecular complexity index is 428. The van der Waals surface area contributed by atoms with Gasteiger partial charge < -0.3 is 5.11 Å². The number of carboxylic acid groups (broad SMARTS) is 1. The van der Waals surface area contributed by atoms with E-state index in [0.29, 0.717) is 5.56 Å². The molecule has 0 aliphatic carbocycles. The number of hydrogen-bond acceptors (Lipinski definition) is 2. The van der Waals surface area contributed by atoms with Crippen LogP contribution in [0.3, 0.4) is 0 Å². The second-order valence-corrected chi connectivity index (χ2v) is 7.74. The van der Waals surface area contributed by atoms with Crippen molar-refractivity contribution in [2.24, 2.45) is 0 Å². The Kier molecular flexibility index (Phi) is 12.6. The summed E-state index contributed by atoms with van der Waals surface area (Å²) >= 11 is 1.83. The first kappa shape index (κ1) is 21.1. The van der Waals surface area contributed by atoms with E-state index in [1.54, 1.807) is 12.1 Å². The molecule has 2 nitrogen and oxygen atoms in total. The third-order valence-electron chi connectivity index (χ3n) is 4.37. The standard InChI is InChI=1S/C21H34O2S/c1-2-3-4-5-6-7-8-9-10-11-12-13-18-24-20-16-14-19(15-17-20)21(22)23/h14-17H,2-13,18H2,1H3,(H,22,23). The highest BCUT2D eigenvalue weighted by Crippen LogP contribution is 2.20. The minimum absolute atomic E-state index is 0.365. The minimum Gasteiger partial charge on any atom is -0.478 e. The number of rotatable bonds is 15. The van der Waals surface area contributed by atoms with Gasteiger partial charge in [-0.05, 0) is 36.4 Å². The maximum Gasteiger partial charge on any atom is 0.335 e. The van der Waals surface area contributed by atoms with Crippen LogP contribution >= 0.6 is 11.8 Å². The van der Waals surface area contributed by atoms with Crippen molar-refractivity contribution in [1.29, 1.82) is 0 Å². The summed E-state index contributed by atoms with van der Waals surface area (Å²) in [6, 6.07) is 7.20. The smallest absolute Gasteiger partial charge is 0.335 e. The zero-order valence-electron chi connectivity index (χ0n) is 15.3. The Hall–Kier alpha value is -0.960. The predicted molar refractivity (Wildman–Crippen MR) is 105 cm³/mol. The topological polar surface area (TPSA) is 37.3 Å². The Morgan fingerprint density at radius 2 is 1.25 bits per heavy atom. The molecule has 0 spiro atoms. The summed E-state index contributed by atoms with van der Waals surface area (Å²) in [4.78, 5) is 12.0. The van der Waals surface area contributed by atoms with Gasteiger partial charge in [-0.1, -0.05) is 77.6 Å². The van der Waals surface area contributed by atoms with E-state index in [1.807, 2.05) is 23.9 Å². The van der Waals surface area contributed by atoms with Gasteiger partial charge in [-0.15, -0.1) is 11.8 Å². The lowest BCUT2D eigenvalue weighted by Gasteiger charge is -2.04. The van der Waals surface area contributed by atoms with Gasteiger partial charge in [0.15, 0.2) is 0 Å². The Morgan fingerprint density at radius 1 is 0.792 bits per heavy atom. The van der Waals surface area contributed by atoms with Crippen molar-refractivity contribution in [3.05, 3.63) is 29.8 Å². The molecule has 0 saturated carbocycles. The number of carbonyl (C=O) groups is 1. The summed E-state index contributed by atoms with van der Waals surface area (Å²) in [5.74, 6) is 0.275. The highest BCUT2D eigenvalue weighted by molar-refractivity contribution is 7.99. The van der Waals surface area contributed by atoms with Gasteiger partial charge in [-0.25, -0.2) is 4.79 Å². The molecule has 0 bridgehead atoms. The lowest BCUT2D eigenvalue weighted by atomic mass is 10.1. The molecule has 1 N–H and O–H groups in total. The maximum absolute atomic E-state index is 10.8. The highest BCUT2D eigenvalue weighted by Gasteiger charge is 2.01. The largest absolute Gasteiger partial charge is 0.478 e. The fraction of sp³-hybridized carbons (Fsp3) is 0.667. The summed E-state index contributed by atoms with van der Waals surface area (Å²) in [5.41, 5.74) is 0.365. The molecule has 0 heterocycles. The third kappa shape index (κ3) is 10.7. The van der Waals surface area contributed by atoms with E-state index < -0.39 is 5.97 Å². The Morgan fingerprint density at radius 3 is 1.71 bits per heavy atom. The predicted octanol–water partition coefficient (Wildman–Crippen LogP) is 7.18. The van der Waals surface area contributed by atoms with E-state index in [2.05, 4.69) is 6.92 Å². The van der Waals surface area contributed by atoms with Crippen molar-refractivity contribution in [2.75, 3.05) is 5.75 Å². The van der Waals surface area contributed by atoms with Crippen LogP contribution in [0.1, 0.15) is 94.3 Å². The third-order valence-corrected chi connectivity index (χ3v) is 5.47. The van der Waals surface area contributed by atoms with Crippen molar-refractivity contribution < 1.29 is 9.90 Å². The van der Waals surface area contributed by atoms with Crippen LogP contribution in [0.15, 0.2) is 29.2 Å². The molecular weight excluding hydrogens is 316 g/mol. The summed E-state index contributed by atoms with van der Waals surface area (Å²) in [5, 5.41) is 8.87. The molecule has 0 saturated heterocycles. The van der Waals surface area contributed by atoms with Gasteiger partial charge in [0, 0.05) is 4.90 Å². The molecule has 1 rings (SSSR count). The van der Waals surface area contributed by atoms with Crippen LogP contribution in [0, 0.1) is 0 Å². The molecule has 0 radical (unpaired) electrons. The zero-order valence-corrected chi connectivity index (χ0v) is 16.1. The van der Waals surface area contributed by atoms with Crippen molar-refractivity contribution in [3.63, 3.8) is 0 Å². The lowest BCUT2D eigenvalue weighted by molar-refractivity contribution is 0.0697. The van der Waals surface area contributed by atoms with Gasteiger partial charge in [0.1, 0.15) is 0 Å². The lowest BCUT2D eigenvalue weighted by Crippen LogP contribution is -1.94. The van der Waals surface area contributed by atoms with Gasteiger partial charge in [0.05, 0.1) is 5.56 Å². The molecule has 0 aliphatic heterocycles. The van der Waals surface area contributed by atoms with Crippen LogP contribution in [-0.4, -0.2) is 16.8 Å². The van der Waals surface area contributed by atoms with E-state index >= 15 is 0 Å². The van der Waals surface area contributed by atoms with Crippen LogP contribution < -0.4 is 0 Å². The minimum atomic E-state index is -0.854. The van der Waals surface area contributed by atoms with Crippen molar-refractivity contribution in [1.82, 2.24) is 0 Å². The quantitative estimate of drug-likeness (QED) is 0.269. The molecule has 1 aromatic carbocycles. The number of thioether (sulfide) groups is 1. The summed E-state index contributed by atoms with van der Waals surface area (Å²) in [7, 11) is 0. The zero-order chi connectivity index (χ0) is 17.5. The van der Waals surface area contributed by atoms with Crippen LogP contribution in [0.4, 0.5) is 0 Å². The molecule has 0 fully saturated rings. The molecule has 24 heavy (non-hydrogen) atoms. The maximum atomic E-state index is 10.8. The van der Waals surface area contributed by atoms with E-state index in [1.165, 1.54) is 81.9 Å². The van der Waals surface area contributed by atoms with Gasteiger partial charge >= 0.3 is 5.97 Å². The fourth-order valence-corrected chi connectivity index (χ4v) is 3.74. The molecule has 0 aliphatic rings. The van der Waals surface area contributed by atoms with Gasteiger partial charge in [-0.3, -0.25) is 0 Å². The van der Waals surface area contributed by atoms with E-state index in [4.69, 9.17) is 5.11 Å². The first-order chi connectivity index (χ1) is 11.7. The van der Waals surface area contributed by atoms with E-state index in [9.17, 15) is 4.79 Å². The molecule has 0 amide bonds. The Balaban J connectivity index is 1.87. The molecule has 136 valence electrons. The summed E-state index contributed by atoms with van der Waals surface area (Å²) in [6.45, 7) is 2.27. The fourth-order valence-electron chi connectivity index (χ4n) is 2.83. The Labute approximate surface area is 152 Å². The van der Waals surface area contributed by atoms with E-state index in [-0.39, 0.29) is 0 Å². The average Bonchev–Trinajstić information content (AvgIpc) is 2.59. The number of unbranched alkanes of at least 4 members (excludes halogenated alkanes) is 11. The van der Waals surface area contributed by atoms with Crippen LogP contribution in [0.25, 0.3) is 0 Å². The monoisotopic (exact) mass is 350 g/mol. The first-order valence-corrected chi connectivity index (χ1v) is 10.7.